The van der Waals surface area contributed by atoms with Gasteiger partial charge >= 0.3 is 0 Å². The number of carbonyl (C=O) groups excluding carboxylic acids is 3. The molecule has 2 saturated carbocycles. The molecule has 0 unspecified atom stereocenters. The highest BCUT2D eigenvalue weighted by atomic mass is 16.2. The molecule has 0 atom stereocenters. The standard InChI is InChI=1S/C22H23N3O3/c1-13-5-10-18(24-21(27)15-8-9-15)12-19(13)25-22(28)16-3-2-4-17(11-16)23-20(26)14-6-7-14/h2-5,10-12,14-15H,6-9H2,1H3,(H,23,26)(H,24,27)(H,25,28). The number of hydrogen-bond acceptors (Lipinski definition) is 3. The summed E-state index contributed by atoms with van der Waals surface area (Å²) in [4.78, 5) is 36.6. The highest BCUT2D eigenvalue weighted by molar-refractivity contribution is 6.06. The summed E-state index contributed by atoms with van der Waals surface area (Å²) < 4.78 is 0. The Morgan fingerprint density at radius 1 is 0.786 bits per heavy atom. The average molecular weight is 377 g/mol. The Balaban J connectivity index is 1.45. The molecule has 144 valence electrons. The van der Waals surface area contributed by atoms with E-state index in [1.165, 1.54) is 0 Å². The number of benzene rings is 2. The number of nitrogens with one attached hydrogen (secondary N) is 3. The number of hydrogen-bond donors (Lipinski definition) is 3. The van der Waals surface area contributed by atoms with Crippen LogP contribution >= 0.6 is 0 Å². The Hall–Kier alpha value is -3.15. The molecule has 2 aromatic carbocycles. The van der Waals surface area contributed by atoms with Crippen LogP contribution in [-0.4, -0.2) is 17.7 Å². The van der Waals surface area contributed by atoms with Crippen LogP contribution in [0.3, 0.4) is 0 Å². The smallest absolute Gasteiger partial charge is 0.255 e. The van der Waals surface area contributed by atoms with E-state index < -0.39 is 0 Å². The number of anilines is 3. The molecule has 28 heavy (non-hydrogen) atoms. The molecule has 0 bridgehead atoms. The lowest BCUT2D eigenvalue weighted by molar-refractivity contribution is -0.118. The number of aryl methyl sites for hydroxylation is 1. The van der Waals surface area contributed by atoms with Crippen LogP contribution in [0.25, 0.3) is 0 Å². The van der Waals surface area contributed by atoms with E-state index >= 15 is 0 Å². The van der Waals surface area contributed by atoms with Crippen LogP contribution < -0.4 is 16.0 Å². The highest BCUT2D eigenvalue weighted by Gasteiger charge is 2.30. The first-order chi connectivity index (χ1) is 13.5. The van der Waals surface area contributed by atoms with Crippen molar-refractivity contribution in [2.75, 3.05) is 16.0 Å². The Morgan fingerprint density at radius 3 is 2.00 bits per heavy atom. The Morgan fingerprint density at radius 2 is 1.39 bits per heavy atom. The first kappa shape index (κ1) is 18.2. The van der Waals surface area contributed by atoms with Gasteiger partial charge in [0.25, 0.3) is 5.91 Å². The van der Waals surface area contributed by atoms with E-state index in [-0.39, 0.29) is 29.6 Å². The van der Waals surface area contributed by atoms with Gasteiger partial charge in [-0.25, -0.2) is 0 Å². The van der Waals surface area contributed by atoms with Gasteiger partial charge in [0, 0.05) is 34.5 Å². The fraction of sp³-hybridized carbons (Fsp3) is 0.318. The van der Waals surface area contributed by atoms with Gasteiger partial charge < -0.3 is 16.0 Å². The minimum atomic E-state index is -0.267. The lowest BCUT2D eigenvalue weighted by Crippen LogP contribution is -2.16. The van der Waals surface area contributed by atoms with Gasteiger partial charge in [-0.15, -0.1) is 0 Å². The number of amides is 3. The maximum atomic E-state index is 12.7. The normalized spacial score (nSPS) is 15.6. The van der Waals surface area contributed by atoms with Crippen LogP contribution in [0.5, 0.6) is 0 Å². The molecule has 2 aromatic rings. The van der Waals surface area contributed by atoms with Gasteiger partial charge in [-0.1, -0.05) is 12.1 Å². The number of rotatable bonds is 6. The van der Waals surface area contributed by atoms with Crippen LogP contribution in [0.2, 0.25) is 0 Å². The van der Waals surface area contributed by atoms with E-state index in [2.05, 4.69) is 16.0 Å². The van der Waals surface area contributed by atoms with Gasteiger partial charge in [-0.2, -0.15) is 0 Å². The molecular formula is C22H23N3O3. The van der Waals surface area contributed by atoms with E-state index in [0.29, 0.717) is 22.6 Å². The molecular weight excluding hydrogens is 354 g/mol. The minimum Gasteiger partial charge on any atom is -0.326 e. The second-order valence-corrected chi connectivity index (χ2v) is 7.59. The second-order valence-electron chi connectivity index (χ2n) is 7.59. The molecule has 0 aliphatic heterocycles. The maximum Gasteiger partial charge on any atom is 0.255 e. The van der Waals surface area contributed by atoms with Crippen LogP contribution in [-0.2, 0) is 9.59 Å². The Kier molecular flexibility index (Phi) is 4.86. The molecule has 6 nitrogen and oxygen atoms in total. The molecule has 4 rings (SSSR count). The van der Waals surface area contributed by atoms with Crippen molar-refractivity contribution in [3.8, 4) is 0 Å². The molecule has 2 aliphatic carbocycles. The predicted octanol–water partition coefficient (Wildman–Crippen LogP) is 3.94. The van der Waals surface area contributed by atoms with E-state index in [4.69, 9.17) is 0 Å². The SMILES string of the molecule is Cc1ccc(NC(=O)C2CC2)cc1NC(=O)c1cccc(NC(=O)C2CC2)c1. The molecule has 3 amide bonds. The zero-order valence-corrected chi connectivity index (χ0v) is 15.7. The minimum absolute atomic E-state index is 0.00695. The summed E-state index contributed by atoms with van der Waals surface area (Å²) in [6.45, 7) is 1.90. The molecule has 2 fully saturated rings. The topological polar surface area (TPSA) is 87.3 Å². The first-order valence-corrected chi connectivity index (χ1v) is 9.63. The van der Waals surface area contributed by atoms with Crippen LogP contribution in [0.15, 0.2) is 42.5 Å². The highest BCUT2D eigenvalue weighted by Crippen LogP contribution is 2.31. The average Bonchev–Trinajstić information content (AvgIpc) is 3.57. The van der Waals surface area contributed by atoms with E-state index in [1.54, 1.807) is 30.3 Å². The monoisotopic (exact) mass is 377 g/mol. The molecule has 2 aliphatic rings. The van der Waals surface area contributed by atoms with Crippen LogP contribution in [0.4, 0.5) is 17.1 Å². The summed E-state index contributed by atoms with van der Waals surface area (Å²) >= 11 is 0. The molecule has 6 heteroatoms. The predicted molar refractivity (Wildman–Crippen MR) is 108 cm³/mol. The van der Waals surface area contributed by atoms with Gasteiger partial charge in [0.2, 0.25) is 11.8 Å². The summed E-state index contributed by atoms with van der Waals surface area (Å²) in [5, 5.41) is 8.65. The summed E-state index contributed by atoms with van der Waals surface area (Å²) in [5.41, 5.74) is 3.29. The lowest BCUT2D eigenvalue weighted by Gasteiger charge is -2.12. The van der Waals surface area contributed by atoms with E-state index in [1.807, 2.05) is 19.1 Å². The van der Waals surface area contributed by atoms with Gasteiger partial charge in [-0.05, 0) is 68.5 Å². The van der Waals surface area contributed by atoms with Crippen molar-refractivity contribution in [2.24, 2.45) is 11.8 Å². The van der Waals surface area contributed by atoms with Crippen molar-refractivity contribution in [3.05, 3.63) is 53.6 Å². The first-order valence-electron chi connectivity index (χ1n) is 9.63. The van der Waals surface area contributed by atoms with Crippen molar-refractivity contribution in [1.82, 2.24) is 0 Å². The zero-order chi connectivity index (χ0) is 19.7. The van der Waals surface area contributed by atoms with Crippen molar-refractivity contribution in [3.63, 3.8) is 0 Å². The van der Waals surface area contributed by atoms with Crippen LogP contribution in [0.1, 0.15) is 41.6 Å². The summed E-state index contributed by atoms with van der Waals surface area (Å²) in [6.07, 6.45) is 3.74. The second kappa shape index (κ2) is 7.46. The van der Waals surface area contributed by atoms with E-state index in [9.17, 15) is 14.4 Å². The third kappa shape index (κ3) is 4.39. The third-order valence-electron chi connectivity index (χ3n) is 5.04. The summed E-state index contributed by atoms with van der Waals surface area (Å²) in [7, 11) is 0. The Bertz CT molecular complexity index is 946. The molecule has 0 radical (unpaired) electrons. The lowest BCUT2D eigenvalue weighted by atomic mass is 10.1. The molecule has 0 saturated heterocycles. The molecule has 0 spiro atoms. The Labute approximate surface area is 163 Å². The molecule has 0 heterocycles. The zero-order valence-electron chi connectivity index (χ0n) is 15.7. The summed E-state index contributed by atoms with van der Waals surface area (Å²) in [5.74, 6) is -0.00862. The van der Waals surface area contributed by atoms with Gasteiger partial charge in [0.15, 0.2) is 0 Å². The maximum absolute atomic E-state index is 12.7. The number of carbonyl (C=O) groups is 3. The van der Waals surface area contributed by atoms with Crippen molar-refractivity contribution in [2.45, 2.75) is 32.6 Å². The fourth-order valence-electron chi connectivity index (χ4n) is 2.95. The van der Waals surface area contributed by atoms with E-state index in [0.717, 1.165) is 31.2 Å². The van der Waals surface area contributed by atoms with Gasteiger partial charge in [0.05, 0.1) is 0 Å². The van der Waals surface area contributed by atoms with Gasteiger partial charge in [0.1, 0.15) is 0 Å². The summed E-state index contributed by atoms with van der Waals surface area (Å²) in [6, 6.07) is 12.4. The largest absolute Gasteiger partial charge is 0.326 e. The van der Waals surface area contributed by atoms with Crippen molar-refractivity contribution >= 4 is 34.8 Å². The van der Waals surface area contributed by atoms with Crippen molar-refractivity contribution < 1.29 is 14.4 Å². The molecule has 3 N–H and O–H groups in total. The van der Waals surface area contributed by atoms with Gasteiger partial charge in [-0.3, -0.25) is 14.4 Å². The van der Waals surface area contributed by atoms with Crippen LogP contribution in [0, 0.1) is 18.8 Å². The fourth-order valence-corrected chi connectivity index (χ4v) is 2.95. The third-order valence-corrected chi connectivity index (χ3v) is 5.04. The van der Waals surface area contributed by atoms with Crippen molar-refractivity contribution in [1.29, 1.82) is 0 Å². The quantitative estimate of drug-likeness (QED) is 0.712. The molecule has 0 aromatic heterocycles.